The van der Waals surface area contributed by atoms with E-state index in [2.05, 4.69) is 0 Å². The van der Waals surface area contributed by atoms with Gasteiger partial charge in [0.15, 0.2) is 6.29 Å². The first-order chi connectivity index (χ1) is 8.27. The van der Waals surface area contributed by atoms with Crippen molar-refractivity contribution < 1.29 is 19.0 Å². The molecule has 2 saturated heterocycles. The summed E-state index contributed by atoms with van der Waals surface area (Å²) in [5, 5.41) is 0. The Morgan fingerprint density at radius 1 is 1.29 bits per heavy atom. The molecule has 0 saturated carbocycles. The van der Waals surface area contributed by atoms with E-state index in [-0.39, 0.29) is 12.2 Å². The van der Waals surface area contributed by atoms with Crippen molar-refractivity contribution in [2.75, 3.05) is 32.9 Å². The van der Waals surface area contributed by atoms with Crippen LogP contribution in [0.2, 0.25) is 0 Å². The van der Waals surface area contributed by atoms with Gasteiger partial charge in [0.05, 0.1) is 13.2 Å². The summed E-state index contributed by atoms with van der Waals surface area (Å²) >= 11 is 0. The molecule has 2 aliphatic heterocycles. The standard InChI is InChI=1S/C12H21NO4/c1-10(17-11-4-2-3-7-16-11)12(14)13-5-8-15-9-6-13/h10-11H,2-9H2,1H3. The fourth-order valence-corrected chi connectivity index (χ4v) is 2.15. The van der Waals surface area contributed by atoms with E-state index < -0.39 is 6.10 Å². The number of carbonyl (C=O) groups excluding carboxylic acids is 1. The zero-order valence-electron chi connectivity index (χ0n) is 10.4. The monoisotopic (exact) mass is 243 g/mol. The Bertz CT molecular complexity index is 247. The van der Waals surface area contributed by atoms with Gasteiger partial charge in [-0.25, -0.2) is 0 Å². The van der Waals surface area contributed by atoms with Crippen molar-refractivity contribution in [3.8, 4) is 0 Å². The molecule has 2 atom stereocenters. The first kappa shape index (κ1) is 12.8. The quantitative estimate of drug-likeness (QED) is 0.735. The summed E-state index contributed by atoms with van der Waals surface area (Å²) < 4.78 is 16.3. The molecule has 0 aromatic carbocycles. The average Bonchev–Trinajstić information content (AvgIpc) is 2.40. The molecule has 2 rings (SSSR count). The number of nitrogens with zero attached hydrogens (tertiary/aromatic N) is 1. The summed E-state index contributed by atoms with van der Waals surface area (Å²) in [5.74, 6) is 0.0440. The van der Waals surface area contributed by atoms with E-state index >= 15 is 0 Å². The average molecular weight is 243 g/mol. The molecule has 5 nitrogen and oxygen atoms in total. The van der Waals surface area contributed by atoms with Crippen LogP contribution in [0.4, 0.5) is 0 Å². The van der Waals surface area contributed by atoms with Gasteiger partial charge in [0.1, 0.15) is 6.10 Å². The van der Waals surface area contributed by atoms with Crippen LogP contribution in [0.25, 0.3) is 0 Å². The minimum absolute atomic E-state index is 0.0440. The fourth-order valence-electron chi connectivity index (χ4n) is 2.15. The van der Waals surface area contributed by atoms with Crippen LogP contribution in [0, 0.1) is 0 Å². The Morgan fingerprint density at radius 3 is 2.71 bits per heavy atom. The highest BCUT2D eigenvalue weighted by Gasteiger charge is 2.26. The van der Waals surface area contributed by atoms with Gasteiger partial charge < -0.3 is 19.1 Å². The summed E-state index contributed by atoms with van der Waals surface area (Å²) in [6, 6.07) is 0. The van der Waals surface area contributed by atoms with Crippen molar-refractivity contribution in [1.29, 1.82) is 0 Å². The highest BCUT2D eigenvalue weighted by Crippen LogP contribution is 2.16. The Kier molecular flexibility index (Phi) is 4.76. The molecule has 98 valence electrons. The molecule has 0 N–H and O–H groups in total. The van der Waals surface area contributed by atoms with Crippen LogP contribution < -0.4 is 0 Å². The van der Waals surface area contributed by atoms with Crippen LogP contribution in [0.15, 0.2) is 0 Å². The summed E-state index contributed by atoms with van der Waals surface area (Å²) in [5.41, 5.74) is 0. The lowest BCUT2D eigenvalue weighted by Crippen LogP contribution is -2.46. The van der Waals surface area contributed by atoms with Gasteiger partial charge in [0.2, 0.25) is 0 Å². The van der Waals surface area contributed by atoms with Crippen molar-refractivity contribution in [3.63, 3.8) is 0 Å². The van der Waals surface area contributed by atoms with E-state index in [4.69, 9.17) is 14.2 Å². The number of carbonyl (C=O) groups is 1. The molecule has 0 radical (unpaired) electrons. The Labute approximate surface area is 102 Å². The van der Waals surface area contributed by atoms with Crippen LogP contribution in [0.3, 0.4) is 0 Å². The SMILES string of the molecule is CC(OC1CCCCO1)C(=O)N1CCOCC1. The van der Waals surface area contributed by atoms with Crippen LogP contribution in [-0.2, 0) is 19.0 Å². The maximum Gasteiger partial charge on any atom is 0.251 e. The predicted octanol–water partition coefficient (Wildman–Crippen LogP) is 0.777. The van der Waals surface area contributed by atoms with Crippen LogP contribution in [0.5, 0.6) is 0 Å². The van der Waals surface area contributed by atoms with E-state index in [0.717, 1.165) is 25.9 Å². The van der Waals surface area contributed by atoms with E-state index in [9.17, 15) is 4.79 Å². The lowest BCUT2D eigenvalue weighted by atomic mass is 10.2. The second kappa shape index (κ2) is 6.33. The van der Waals surface area contributed by atoms with Gasteiger partial charge in [-0.3, -0.25) is 4.79 Å². The minimum Gasteiger partial charge on any atom is -0.378 e. The van der Waals surface area contributed by atoms with Gasteiger partial charge >= 0.3 is 0 Å². The second-order valence-corrected chi connectivity index (χ2v) is 4.51. The highest BCUT2D eigenvalue weighted by molar-refractivity contribution is 5.80. The molecule has 1 amide bonds. The molecule has 2 fully saturated rings. The smallest absolute Gasteiger partial charge is 0.251 e. The molecular formula is C12H21NO4. The van der Waals surface area contributed by atoms with E-state index in [0.29, 0.717) is 26.3 Å². The third-order valence-electron chi connectivity index (χ3n) is 3.16. The molecule has 0 spiro atoms. The summed E-state index contributed by atoms with van der Waals surface area (Å²) in [4.78, 5) is 13.9. The summed E-state index contributed by atoms with van der Waals surface area (Å²) in [7, 11) is 0. The zero-order valence-corrected chi connectivity index (χ0v) is 10.4. The van der Waals surface area contributed by atoms with Crippen LogP contribution in [0.1, 0.15) is 26.2 Å². The Hall–Kier alpha value is -0.650. The van der Waals surface area contributed by atoms with Gasteiger partial charge in [-0.05, 0) is 26.2 Å². The van der Waals surface area contributed by atoms with Crippen molar-refractivity contribution in [3.05, 3.63) is 0 Å². The van der Waals surface area contributed by atoms with Crippen LogP contribution in [-0.4, -0.2) is 56.1 Å². The van der Waals surface area contributed by atoms with Crippen LogP contribution >= 0.6 is 0 Å². The summed E-state index contributed by atoms with van der Waals surface area (Å²) in [6.07, 6.45) is 2.47. The van der Waals surface area contributed by atoms with E-state index in [1.807, 2.05) is 0 Å². The fraction of sp³-hybridized carbons (Fsp3) is 0.917. The number of amides is 1. The minimum atomic E-state index is -0.420. The van der Waals surface area contributed by atoms with E-state index in [1.54, 1.807) is 11.8 Å². The first-order valence-corrected chi connectivity index (χ1v) is 6.41. The maximum atomic E-state index is 12.1. The second-order valence-electron chi connectivity index (χ2n) is 4.51. The predicted molar refractivity (Wildman–Crippen MR) is 61.5 cm³/mol. The number of hydrogen-bond acceptors (Lipinski definition) is 4. The Morgan fingerprint density at radius 2 is 2.06 bits per heavy atom. The van der Waals surface area contributed by atoms with Crippen molar-refractivity contribution in [2.24, 2.45) is 0 Å². The third kappa shape index (κ3) is 3.66. The van der Waals surface area contributed by atoms with E-state index in [1.165, 1.54) is 0 Å². The van der Waals surface area contributed by atoms with Gasteiger partial charge in [-0.15, -0.1) is 0 Å². The topological polar surface area (TPSA) is 48.0 Å². The molecule has 0 aromatic heterocycles. The molecular weight excluding hydrogens is 222 g/mol. The lowest BCUT2D eigenvalue weighted by molar-refractivity contribution is -0.195. The van der Waals surface area contributed by atoms with Gasteiger partial charge in [-0.1, -0.05) is 0 Å². The van der Waals surface area contributed by atoms with Gasteiger partial charge in [0, 0.05) is 19.7 Å². The molecule has 5 heteroatoms. The van der Waals surface area contributed by atoms with Gasteiger partial charge in [-0.2, -0.15) is 0 Å². The molecule has 2 heterocycles. The molecule has 2 unspecified atom stereocenters. The third-order valence-corrected chi connectivity index (χ3v) is 3.16. The maximum absolute atomic E-state index is 12.1. The van der Waals surface area contributed by atoms with Crippen molar-refractivity contribution in [1.82, 2.24) is 4.90 Å². The number of hydrogen-bond donors (Lipinski definition) is 0. The summed E-state index contributed by atoms with van der Waals surface area (Å²) in [6.45, 7) is 5.12. The lowest BCUT2D eigenvalue weighted by Gasteiger charge is -2.31. The molecule has 0 aromatic rings. The van der Waals surface area contributed by atoms with Crippen molar-refractivity contribution in [2.45, 2.75) is 38.6 Å². The normalized spacial score (nSPS) is 27.8. The first-order valence-electron chi connectivity index (χ1n) is 6.41. The number of rotatable bonds is 3. The Balaban J connectivity index is 1.77. The molecule has 0 bridgehead atoms. The number of ether oxygens (including phenoxy) is 3. The zero-order chi connectivity index (χ0) is 12.1. The molecule has 17 heavy (non-hydrogen) atoms. The van der Waals surface area contributed by atoms with Gasteiger partial charge in [0.25, 0.3) is 5.91 Å². The largest absolute Gasteiger partial charge is 0.378 e. The van der Waals surface area contributed by atoms with Crippen molar-refractivity contribution >= 4 is 5.91 Å². The number of morpholine rings is 1. The molecule has 0 aliphatic carbocycles. The molecule has 2 aliphatic rings. The highest BCUT2D eigenvalue weighted by atomic mass is 16.7.